The number of hydrogen-bond donors (Lipinski definition) is 2. The Labute approximate surface area is 118 Å². The SMILES string of the molecule is CCCNc1cncc(NCc2ccc(CC)s2)n1. The number of thiophene rings is 1. The zero-order valence-electron chi connectivity index (χ0n) is 11.4. The quantitative estimate of drug-likeness (QED) is 0.812. The maximum atomic E-state index is 4.47. The number of rotatable bonds is 7. The molecule has 0 bridgehead atoms. The number of aromatic nitrogens is 2. The van der Waals surface area contributed by atoms with Crippen LogP contribution >= 0.6 is 11.3 Å². The molecule has 0 amide bonds. The van der Waals surface area contributed by atoms with Gasteiger partial charge in [0.1, 0.15) is 11.6 Å². The van der Waals surface area contributed by atoms with Gasteiger partial charge < -0.3 is 10.6 Å². The zero-order chi connectivity index (χ0) is 13.5. The number of anilines is 2. The van der Waals surface area contributed by atoms with Crippen molar-refractivity contribution in [3.8, 4) is 0 Å². The van der Waals surface area contributed by atoms with Crippen molar-refractivity contribution >= 4 is 23.0 Å². The van der Waals surface area contributed by atoms with Crippen LogP contribution in [-0.4, -0.2) is 16.5 Å². The Morgan fingerprint density at radius 2 is 1.79 bits per heavy atom. The van der Waals surface area contributed by atoms with E-state index in [1.807, 2.05) is 11.3 Å². The molecule has 0 atom stereocenters. The number of aryl methyl sites for hydroxylation is 1. The van der Waals surface area contributed by atoms with E-state index in [9.17, 15) is 0 Å². The minimum Gasteiger partial charge on any atom is -0.369 e. The molecule has 0 radical (unpaired) electrons. The molecule has 2 N–H and O–H groups in total. The van der Waals surface area contributed by atoms with Gasteiger partial charge in [0, 0.05) is 16.3 Å². The second kappa shape index (κ2) is 7.09. The molecule has 2 heterocycles. The number of nitrogens with one attached hydrogen (secondary N) is 2. The van der Waals surface area contributed by atoms with E-state index in [2.05, 4.69) is 46.6 Å². The van der Waals surface area contributed by atoms with Crippen LogP contribution in [0.2, 0.25) is 0 Å². The summed E-state index contributed by atoms with van der Waals surface area (Å²) in [4.78, 5) is 11.4. The van der Waals surface area contributed by atoms with E-state index in [0.29, 0.717) is 0 Å². The average molecular weight is 276 g/mol. The van der Waals surface area contributed by atoms with Crippen molar-refractivity contribution in [3.05, 3.63) is 34.3 Å². The highest BCUT2D eigenvalue weighted by atomic mass is 32.1. The van der Waals surface area contributed by atoms with E-state index in [1.54, 1.807) is 12.4 Å². The molecular formula is C14H20N4S. The Balaban J connectivity index is 1.91. The van der Waals surface area contributed by atoms with E-state index in [-0.39, 0.29) is 0 Å². The molecule has 19 heavy (non-hydrogen) atoms. The van der Waals surface area contributed by atoms with Crippen molar-refractivity contribution in [2.45, 2.75) is 33.2 Å². The highest BCUT2D eigenvalue weighted by Gasteiger charge is 2.01. The Morgan fingerprint density at radius 3 is 2.47 bits per heavy atom. The van der Waals surface area contributed by atoms with Crippen LogP contribution in [0, 0.1) is 0 Å². The van der Waals surface area contributed by atoms with E-state index in [0.717, 1.165) is 37.6 Å². The smallest absolute Gasteiger partial charge is 0.147 e. The van der Waals surface area contributed by atoms with Crippen LogP contribution in [0.5, 0.6) is 0 Å². The molecule has 0 saturated carbocycles. The molecule has 0 aliphatic heterocycles. The summed E-state index contributed by atoms with van der Waals surface area (Å²) in [5, 5.41) is 6.55. The lowest BCUT2D eigenvalue weighted by Crippen LogP contribution is -2.05. The van der Waals surface area contributed by atoms with E-state index in [1.165, 1.54) is 9.75 Å². The molecule has 0 aliphatic rings. The third kappa shape index (κ3) is 4.21. The topological polar surface area (TPSA) is 49.8 Å². The Hall–Kier alpha value is -1.62. The fraction of sp³-hybridized carbons (Fsp3) is 0.429. The number of nitrogens with zero attached hydrogens (tertiary/aromatic N) is 2. The van der Waals surface area contributed by atoms with Gasteiger partial charge in [-0.2, -0.15) is 0 Å². The van der Waals surface area contributed by atoms with Crippen LogP contribution in [0.3, 0.4) is 0 Å². The second-order valence-electron chi connectivity index (χ2n) is 4.29. The molecule has 0 aliphatic carbocycles. The standard InChI is InChI=1S/C14H20N4S/c1-3-7-16-13-9-15-10-14(18-13)17-8-12-6-5-11(4-2)19-12/h5-6,9-10H,3-4,7-8H2,1-2H3,(H2,16,17,18). The van der Waals surface area contributed by atoms with Gasteiger partial charge in [-0.3, -0.25) is 4.98 Å². The normalized spacial score (nSPS) is 10.4. The summed E-state index contributed by atoms with van der Waals surface area (Å²) in [5.74, 6) is 1.64. The largest absolute Gasteiger partial charge is 0.369 e. The lowest BCUT2D eigenvalue weighted by Gasteiger charge is -2.07. The minimum absolute atomic E-state index is 0.802. The van der Waals surface area contributed by atoms with Gasteiger partial charge in [-0.05, 0) is 25.0 Å². The summed E-state index contributed by atoms with van der Waals surface area (Å²) in [6.45, 7) is 6.03. The predicted octanol–water partition coefficient (Wildman–Crippen LogP) is 3.53. The average Bonchev–Trinajstić information content (AvgIpc) is 2.91. The molecule has 0 unspecified atom stereocenters. The van der Waals surface area contributed by atoms with Crippen LogP contribution in [-0.2, 0) is 13.0 Å². The molecule has 2 aromatic heterocycles. The highest BCUT2D eigenvalue weighted by Crippen LogP contribution is 2.18. The van der Waals surface area contributed by atoms with Crippen LogP contribution in [0.25, 0.3) is 0 Å². The molecule has 4 nitrogen and oxygen atoms in total. The molecule has 2 rings (SSSR count). The van der Waals surface area contributed by atoms with Gasteiger partial charge in [0.05, 0.1) is 18.9 Å². The zero-order valence-corrected chi connectivity index (χ0v) is 12.3. The third-order valence-corrected chi connectivity index (χ3v) is 3.93. The molecule has 0 spiro atoms. The monoisotopic (exact) mass is 276 g/mol. The first kappa shape index (κ1) is 13.8. The van der Waals surface area contributed by atoms with Crippen molar-refractivity contribution in [1.82, 2.24) is 9.97 Å². The second-order valence-corrected chi connectivity index (χ2v) is 5.54. The summed E-state index contributed by atoms with van der Waals surface area (Å²) in [7, 11) is 0. The highest BCUT2D eigenvalue weighted by molar-refractivity contribution is 7.12. The van der Waals surface area contributed by atoms with Gasteiger partial charge in [0.2, 0.25) is 0 Å². The number of hydrogen-bond acceptors (Lipinski definition) is 5. The summed E-state index contributed by atoms with van der Waals surface area (Å²) in [5.41, 5.74) is 0. The van der Waals surface area contributed by atoms with Gasteiger partial charge >= 0.3 is 0 Å². The van der Waals surface area contributed by atoms with Crippen molar-refractivity contribution < 1.29 is 0 Å². The van der Waals surface area contributed by atoms with Crippen LogP contribution in [0.4, 0.5) is 11.6 Å². The fourth-order valence-electron chi connectivity index (χ4n) is 1.67. The molecule has 102 valence electrons. The maximum absolute atomic E-state index is 4.47. The summed E-state index contributed by atoms with van der Waals surface area (Å²) in [6.07, 6.45) is 5.68. The molecular weight excluding hydrogens is 256 g/mol. The van der Waals surface area contributed by atoms with Crippen LogP contribution < -0.4 is 10.6 Å². The van der Waals surface area contributed by atoms with Gasteiger partial charge in [-0.1, -0.05) is 13.8 Å². The summed E-state index contributed by atoms with van der Waals surface area (Å²) in [6, 6.07) is 4.36. The van der Waals surface area contributed by atoms with Gasteiger partial charge in [-0.25, -0.2) is 4.98 Å². The van der Waals surface area contributed by atoms with E-state index < -0.39 is 0 Å². The minimum atomic E-state index is 0.802. The van der Waals surface area contributed by atoms with Gasteiger partial charge in [-0.15, -0.1) is 11.3 Å². The van der Waals surface area contributed by atoms with Crippen molar-refractivity contribution in [3.63, 3.8) is 0 Å². The maximum Gasteiger partial charge on any atom is 0.147 e. The lowest BCUT2D eigenvalue weighted by atomic mass is 10.3. The molecule has 5 heteroatoms. The van der Waals surface area contributed by atoms with Crippen molar-refractivity contribution in [2.24, 2.45) is 0 Å². The molecule has 0 fully saturated rings. The van der Waals surface area contributed by atoms with Crippen molar-refractivity contribution in [2.75, 3.05) is 17.2 Å². The first-order valence-corrected chi connectivity index (χ1v) is 7.50. The Kier molecular flexibility index (Phi) is 5.15. The first-order valence-electron chi connectivity index (χ1n) is 6.69. The van der Waals surface area contributed by atoms with E-state index in [4.69, 9.17) is 0 Å². The summed E-state index contributed by atoms with van der Waals surface area (Å²) < 4.78 is 0. The Morgan fingerprint density at radius 1 is 1.05 bits per heavy atom. The van der Waals surface area contributed by atoms with Crippen LogP contribution in [0.15, 0.2) is 24.5 Å². The van der Waals surface area contributed by atoms with Gasteiger partial charge in [0.15, 0.2) is 0 Å². The third-order valence-electron chi connectivity index (χ3n) is 2.70. The van der Waals surface area contributed by atoms with Crippen LogP contribution in [0.1, 0.15) is 30.0 Å². The van der Waals surface area contributed by atoms with Crippen molar-refractivity contribution in [1.29, 1.82) is 0 Å². The van der Waals surface area contributed by atoms with E-state index >= 15 is 0 Å². The Bertz CT molecular complexity index is 510. The fourth-order valence-corrected chi connectivity index (χ4v) is 2.57. The molecule has 2 aromatic rings. The summed E-state index contributed by atoms with van der Waals surface area (Å²) >= 11 is 1.84. The van der Waals surface area contributed by atoms with Gasteiger partial charge in [0.25, 0.3) is 0 Å². The predicted molar refractivity (Wildman–Crippen MR) is 81.8 cm³/mol. The lowest BCUT2D eigenvalue weighted by molar-refractivity contribution is 0.963. The first-order chi connectivity index (χ1) is 9.31. The molecule has 0 saturated heterocycles. The molecule has 0 aromatic carbocycles.